The van der Waals surface area contributed by atoms with Gasteiger partial charge in [0.15, 0.2) is 0 Å². The largest absolute Gasteiger partial charge is 0.385 e. The molecule has 0 aromatic heterocycles. The van der Waals surface area contributed by atoms with Crippen molar-refractivity contribution < 1.29 is 9.84 Å². The molecule has 0 bridgehead atoms. The second-order valence-corrected chi connectivity index (χ2v) is 7.78. The van der Waals surface area contributed by atoms with Crippen LogP contribution < -0.4 is 5.32 Å². The zero-order valence-electron chi connectivity index (χ0n) is 16.7. The van der Waals surface area contributed by atoms with Crippen molar-refractivity contribution in [3.63, 3.8) is 0 Å². The molecule has 1 fully saturated rings. The maximum Gasteiger partial charge on any atom is 0.0942 e. The molecule has 2 N–H and O–H groups in total. The summed E-state index contributed by atoms with van der Waals surface area (Å²) in [6, 6.07) is 16.9. The molecule has 0 aliphatic carbocycles. The lowest BCUT2D eigenvalue weighted by Crippen LogP contribution is -2.44. The van der Waals surface area contributed by atoms with Crippen LogP contribution in [0, 0.1) is 12.8 Å². The van der Waals surface area contributed by atoms with E-state index >= 15 is 0 Å². The average Bonchev–Trinajstić information content (AvgIpc) is 2.72. The summed E-state index contributed by atoms with van der Waals surface area (Å²) < 4.78 is 5.22. The van der Waals surface area contributed by atoms with E-state index in [4.69, 9.17) is 4.74 Å². The van der Waals surface area contributed by atoms with E-state index in [-0.39, 0.29) is 5.92 Å². The molecule has 0 unspecified atom stereocenters. The van der Waals surface area contributed by atoms with E-state index in [1.165, 1.54) is 11.1 Å². The number of nitrogens with one attached hydrogen (secondary N) is 1. The predicted molar refractivity (Wildman–Crippen MR) is 112 cm³/mol. The van der Waals surface area contributed by atoms with Crippen LogP contribution in [0.1, 0.15) is 43.2 Å². The van der Waals surface area contributed by atoms with E-state index in [9.17, 15) is 5.11 Å². The third-order valence-electron chi connectivity index (χ3n) is 5.96. The molecule has 27 heavy (non-hydrogen) atoms. The van der Waals surface area contributed by atoms with Crippen molar-refractivity contribution in [1.82, 2.24) is 5.32 Å². The predicted octanol–water partition coefficient (Wildman–Crippen LogP) is 4.67. The van der Waals surface area contributed by atoms with E-state index < -0.39 is 5.60 Å². The molecule has 0 amide bonds. The van der Waals surface area contributed by atoms with Gasteiger partial charge in [-0.2, -0.15) is 0 Å². The quantitative estimate of drug-likeness (QED) is 0.667. The van der Waals surface area contributed by atoms with Gasteiger partial charge in [0.25, 0.3) is 0 Å². The van der Waals surface area contributed by atoms with E-state index in [1.807, 2.05) is 0 Å². The van der Waals surface area contributed by atoms with E-state index in [2.05, 4.69) is 60.8 Å². The van der Waals surface area contributed by atoms with Gasteiger partial charge in [0.2, 0.25) is 0 Å². The Kier molecular flexibility index (Phi) is 7.06. The van der Waals surface area contributed by atoms with Crippen molar-refractivity contribution in [2.24, 2.45) is 5.92 Å². The summed E-state index contributed by atoms with van der Waals surface area (Å²) >= 11 is 0. The van der Waals surface area contributed by atoms with E-state index in [0.717, 1.165) is 62.9 Å². The normalized spacial score (nSPS) is 19.6. The van der Waals surface area contributed by atoms with Crippen molar-refractivity contribution in [1.29, 1.82) is 0 Å². The SMILES string of the molecule is COCCCC[C@@](O)(c1ccccc1-c1ccccc1C)[C@@H]1CCCNC1. The standard InChI is InChI=1S/C24H33NO2/c1-19-10-3-4-12-21(19)22-13-5-6-14-23(22)24(26,15-7-8-17-27-2)20-11-9-16-25-18-20/h3-6,10,12-14,20,25-26H,7-9,11,15-18H2,1-2H3/t20-,24+/m1/s1. The summed E-state index contributed by atoms with van der Waals surface area (Å²) in [6.07, 6.45) is 4.90. The van der Waals surface area contributed by atoms with Crippen molar-refractivity contribution >= 4 is 0 Å². The third kappa shape index (κ3) is 4.60. The minimum Gasteiger partial charge on any atom is -0.385 e. The van der Waals surface area contributed by atoms with Crippen LogP contribution in [-0.2, 0) is 10.3 Å². The number of unbranched alkanes of at least 4 members (excludes halogenated alkanes) is 1. The fourth-order valence-electron chi connectivity index (χ4n) is 4.43. The number of hydrogen-bond donors (Lipinski definition) is 2. The van der Waals surface area contributed by atoms with Crippen molar-refractivity contribution in [3.05, 3.63) is 59.7 Å². The second-order valence-electron chi connectivity index (χ2n) is 7.78. The van der Waals surface area contributed by atoms with Crippen LogP contribution in [0.15, 0.2) is 48.5 Å². The lowest BCUT2D eigenvalue weighted by molar-refractivity contribution is -0.0429. The average molecular weight is 368 g/mol. The molecule has 1 aliphatic rings. The van der Waals surface area contributed by atoms with E-state index in [1.54, 1.807) is 7.11 Å². The Morgan fingerprint density at radius 3 is 2.52 bits per heavy atom. The van der Waals surface area contributed by atoms with Gasteiger partial charge in [-0.05, 0) is 67.8 Å². The minimum absolute atomic E-state index is 0.235. The lowest BCUT2D eigenvalue weighted by Gasteiger charge is -2.40. The third-order valence-corrected chi connectivity index (χ3v) is 5.96. The topological polar surface area (TPSA) is 41.5 Å². The highest BCUT2D eigenvalue weighted by atomic mass is 16.5. The first-order valence-electron chi connectivity index (χ1n) is 10.2. The summed E-state index contributed by atoms with van der Waals surface area (Å²) in [4.78, 5) is 0. The highest BCUT2D eigenvalue weighted by Gasteiger charge is 2.40. The fourth-order valence-corrected chi connectivity index (χ4v) is 4.43. The first-order valence-corrected chi connectivity index (χ1v) is 10.2. The zero-order valence-corrected chi connectivity index (χ0v) is 16.7. The molecule has 0 radical (unpaired) electrons. The molecule has 3 rings (SSSR count). The van der Waals surface area contributed by atoms with Crippen LogP contribution in [0.5, 0.6) is 0 Å². The highest BCUT2D eigenvalue weighted by Crippen LogP contribution is 2.43. The highest BCUT2D eigenvalue weighted by molar-refractivity contribution is 5.71. The van der Waals surface area contributed by atoms with Crippen LogP contribution in [0.2, 0.25) is 0 Å². The number of aryl methyl sites for hydroxylation is 1. The van der Waals surface area contributed by atoms with Gasteiger partial charge < -0.3 is 15.2 Å². The Hall–Kier alpha value is -1.68. The Morgan fingerprint density at radius 1 is 1.07 bits per heavy atom. The molecule has 0 saturated carbocycles. The molecule has 2 atom stereocenters. The Balaban J connectivity index is 2.00. The molecule has 1 aliphatic heterocycles. The smallest absolute Gasteiger partial charge is 0.0942 e. The van der Waals surface area contributed by atoms with Gasteiger partial charge in [-0.3, -0.25) is 0 Å². The molecule has 2 aromatic rings. The van der Waals surface area contributed by atoms with Gasteiger partial charge in [0, 0.05) is 26.2 Å². The van der Waals surface area contributed by atoms with Gasteiger partial charge in [0.05, 0.1) is 5.60 Å². The monoisotopic (exact) mass is 367 g/mol. The van der Waals surface area contributed by atoms with Gasteiger partial charge in [-0.25, -0.2) is 0 Å². The van der Waals surface area contributed by atoms with Crippen LogP contribution in [-0.4, -0.2) is 31.9 Å². The first-order chi connectivity index (χ1) is 13.2. The van der Waals surface area contributed by atoms with Crippen LogP contribution in [0.4, 0.5) is 0 Å². The Bertz CT molecular complexity index is 724. The first kappa shape index (κ1) is 20.1. The molecule has 1 saturated heterocycles. The van der Waals surface area contributed by atoms with Gasteiger partial charge in [-0.1, -0.05) is 48.5 Å². The maximum absolute atomic E-state index is 12.1. The minimum atomic E-state index is -0.819. The van der Waals surface area contributed by atoms with E-state index in [0.29, 0.717) is 0 Å². The maximum atomic E-state index is 12.1. The lowest BCUT2D eigenvalue weighted by atomic mass is 9.72. The van der Waals surface area contributed by atoms with Gasteiger partial charge >= 0.3 is 0 Å². The molecule has 1 heterocycles. The Labute approximate surface area is 163 Å². The summed E-state index contributed by atoms with van der Waals surface area (Å²) in [7, 11) is 1.74. The number of rotatable bonds is 8. The van der Waals surface area contributed by atoms with Gasteiger partial charge in [0.1, 0.15) is 0 Å². The molecule has 146 valence electrons. The van der Waals surface area contributed by atoms with Crippen LogP contribution >= 0.6 is 0 Å². The number of aliphatic hydroxyl groups is 1. The summed E-state index contributed by atoms with van der Waals surface area (Å²) in [5, 5.41) is 15.6. The number of ether oxygens (including phenoxy) is 1. The number of piperidine rings is 1. The number of hydrogen-bond acceptors (Lipinski definition) is 3. The summed E-state index contributed by atoms with van der Waals surface area (Å²) in [5.41, 5.74) is 3.88. The summed E-state index contributed by atoms with van der Waals surface area (Å²) in [6.45, 7) is 4.82. The molecule has 0 spiro atoms. The van der Waals surface area contributed by atoms with Crippen molar-refractivity contribution in [2.75, 3.05) is 26.8 Å². The van der Waals surface area contributed by atoms with Crippen LogP contribution in [0.25, 0.3) is 11.1 Å². The van der Waals surface area contributed by atoms with Crippen molar-refractivity contribution in [3.8, 4) is 11.1 Å². The van der Waals surface area contributed by atoms with Crippen molar-refractivity contribution in [2.45, 2.75) is 44.6 Å². The zero-order chi connectivity index (χ0) is 19.1. The Morgan fingerprint density at radius 2 is 1.81 bits per heavy atom. The molecule has 3 heteroatoms. The molecule has 3 nitrogen and oxygen atoms in total. The molecular formula is C24H33NO2. The second kappa shape index (κ2) is 9.50. The molecule has 2 aromatic carbocycles. The van der Waals surface area contributed by atoms with Gasteiger partial charge in [-0.15, -0.1) is 0 Å². The number of methoxy groups -OCH3 is 1. The molecular weight excluding hydrogens is 334 g/mol. The summed E-state index contributed by atoms with van der Waals surface area (Å²) in [5.74, 6) is 0.235. The van der Waals surface area contributed by atoms with Crippen LogP contribution in [0.3, 0.4) is 0 Å². The number of benzene rings is 2. The fraction of sp³-hybridized carbons (Fsp3) is 0.500.